The van der Waals surface area contributed by atoms with Gasteiger partial charge in [-0.2, -0.15) is 31.3 Å². The molecule has 0 aliphatic rings. The fourth-order valence-corrected chi connectivity index (χ4v) is 2.60. The molecule has 0 spiro atoms. The van der Waals surface area contributed by atoms with Gasteiger partial charge in [0, 0.05) is 11.1 Å². The molecule has 0 aliphatic heterocycles. The van der Waals surface area contributed by atoms with Gasteiger partial charge in [0.1, 0.15) is 5.75 Å². The highest BCUT2D eigenvalue weighted by atomic mass is 19.4. The van der Waals surface area contributed by atoms with Crippen LogP contribution in [0.15, 0.2) is 47.2 Å². The van der Waals surface area contributed by atoms with Crippen molar-refractivity contribution in [2.45, 2.75) is 12.9 Å². The Bertz CT molecular complexity index is 1150. The first kappa shape index (κ1) is 22.1. The van der Waals surface area contributed by atoms with Crippen LogP contribution in [-0.2, 0) is 6.18 Å². The van der Waals surface area contributed by atoms with E-state index in [0.29, 0.717) is 5.56 Å². The molecule has 31 heavy (non-hydrogen) atoms. The summed E-state index contributed by atoms with van der Waals surface area (Å²) in [6.07, 6.45) is -3.19. The summed E-state index contributed by atoms with van der Waals surface area (Å²) in [7, 11) is 0. The third kappa shape index (κ3) is 5.29. The first-order valence-electron chi connectivity index (χ1n) is 8.29. The maximum absolute atomic E-state index is 13.2. The zero-order chi connectivity index (χ0) is 22.6. The third-order valence-corrected chi connectivity index (χ3v) is 3.85. The molecule has 0 radical (unpaired) electrons. The molecule has 0 unspecified atom stereocenters. The van der Waals surface area contributed by atoms with E-state index in [9.17, 15) is 30.7 Å². The van der Waals surface area contributed by atoms with Crippen LogP contribution in [0.5, 0.6) is 5.75 Å². The van der Waals surface area contributed by atoms with Crippen molar-refractivity contribution in [2.24, 2.45) is 0 Å². The van der Waals surface area contributed by atoms with Crippen LogP contribution < -0.4 is 4.74 Å². The number of hydrogen-bond donors (Lipinski definition) is 1. The number of hydrogen-bond acceptors (Lipinski definition) is 5. The van der Waals surface area contributed by atoms with Gasteiger partial charge in [0.15, 0.2) is 0 Å². The minimum atomic E-state index is -4.73. The number of nitrogens with zero attached hydrogens (tertiary/aromatic N) is 3. The van der Waals surface area contributed by atoms with Crippen molar-refractivity contribution in [3.63, 3.8) is 0 Å². The van der Waals surface area contributed by atoms with Crippen molar-refractivity contribution < 1.29 is 40.0 Å². The number of imidazole rings is 1. The number of ether oxygens (including phenoxy) is 1. The van der Waals surface area contributed by atoms with Crippen molar-refractivity contribution in [2.75, 3.05) is 6.86 Å². The van der Waals surface area contributed by atoms with Gasteiger partial charge >= 0.3 is 12.9 Å². The smallest absolute Gasteiger partial charge is 0.419 e. The number of nitrogens with one attached hydrogen (secondary N) is 1. The predicted octanol–water partition coefficient (Wildman–Crippen LogP) is 5.78. The van der Waals surface area contributed by atoms with Crippen molar-refractivity contribution >= 4 is 11.0 Å². The highest BCUT2D eigenvalue weighted by Crippen LogP contribution is 2.38. The first-order chi connectivity index (χ1) is 14.7. The highest BCUT2D eigenvalue weighted by molar-refractivity contribution is 5.80. The molecule has 2 aromatic heterocycles. The van der Waals surface area contributed by atoms with Gasteiger partial charge in [-0.3, -0.25) is 0 Å². The molecule has 164 valence electrons. The van der Waals surface area contributed by atoms with E-state index in [1.807, 2.05) is 0 Å². The van der Waals surface area contributed by atoms with E-state index >= 15 is 0 Å². The zero-order valence-corrected chi connectivity index (χ0v) is 15.1. The minimum Gasteiger partial charge on any atom is -0.462 e. The lowest BCUT2D eigenvalue weighted by atomic mass is 10.1. The zero-order valence-electron chi connectivity index (χ0n) is 15.1. The van der Waals surface area contributed by atoms with Crippen molar-refractivity contribution in [1.29, 1.82) is 0 Å². The summed E-state index contributed by atoms with van der Waals surface area (Å²) >= 11 is 0. The highest BCUT2D eigenvalue weighted by Gasteiger charge is 2.35. The molecular weight excluding hydrogens is 437 g/mol. The molecule has 0 fully saturated rings. The molecule has 0 amide bonds. The van der Waals surface area contributed by atoms with Gasteiger partial charge in [-0.1, -0.05) is 5.16 Å². The number of aromatic amines is 1. The fraction of sp³-hybridized carbons (Fsp3) is 0.167. The number of aromatic nitrogens is 4. The van der Waals surface area contributed by atoms with Crippen LogP contribution in [0.3, 0.4) is 0 Å². The number of halogens is 7. The summed E-state index contributed by atoms with van der Waals surface area (Å²) in [5.74, 6) is -0.510. The maximum Gasteiger partial charge on any atom is 0.419 e. The summed E-state index contributed by atoms with van der Waals surface area (Å²) in [5, 5.41) is 3.81. The fourth-order valence-electron chi connectivity index (χ4n) is 2.60. The number of alkyl halides is 7. The Balaban J connectivity index is 0.000000628. The second kappa shape index (κ2) is 9.02. The Labute approximate surface area is 168 Å². The lowest BCUT2D eigenvalue weighted by Crippen LogP contribution is -2.08. The first-order valence-corrected chi connectivity index (χ1v) is 8.29. The van der Waals surface area contributed by atoms with E-state index in [1.54, 1.807) is 18.2 Å². The van der Waals surface area contributed by atoms with Crippen molar-refractivity contribution in [1.82, 2.24) is 20.1 Å². The normalized spacial score (nSPS) is 11.5. The molecule has 4 aromatic rings. The Hall–Kier alpha value is -3.64. The molecule has 4 rings (SSSR count). The molecule has 2 heterocycles. The Morgan fingerprint density at radius 3 is 2.42 bits per heavy atom. The van der Waals surface area contributed by atoms with Crippen LogP contribution in [0.2, 0.25) is 0 Å². The topological polar surface area (TPSA) is 76.8 Å². The summed E-state index contributed by atoms with van der Waals surface area (Å²) in [5.41, 5.74) is 1.02. The largest absolute Gasteiger partial charge is 0.462 e. The quantitative estimate of drug-likeness (QED) is 0.401. The number of fused-ring (bicyclic) bond motifs is 1. The van der Waals surface area contributed by atoms with E-state index < -0.39 is 31.0 Å². The number of rotatable bonds is 4. The molecule has 2 aromatic carbocycles. The van der Waals surface area contributed by atoms with Crippen LogP contribution in [-0.4, -0.2) is 33.6 Å². The molecule has 13 heteroatoms. The summed E-state index contributed by atoms with van der Waals surface area (Å²) in [6.45, 7) is -5.04. The second-order valence-electron chi connectivity index (χ2n) is 5.77. The van der Waals surface area contributed by atoms with Crippen LogP contribution >= 0.6 is 0 Å². The molecule has 0 aliphatic carbocycles. The molecular formula is C18H11F7N4O2. The summed E-state index contributed by atoms with van der Waals surface area (Å²) in [4.78, 5) is 11.2. The van der Waals surface area contributed by atoms with Crippen LogP contribution in [0.1, 0.15) is 5.56 Å². The predicted molar refractivity (Wildman–Crippen MR) is 93.5 cm³/mol. The van der Waals surface area contributed by atoms with E-state index in [-0.39, 0.29) is 17.3 Å². The average molecular weight is 448 g/mol. The monoisotopic (exact) mass is 448 g/mol. The lowest BCUT2D eigenvalue weighted by molar-refractivity contribution is -0.139. The molecule has 0 saturated heterocycles. The molecule has 0 bridgehead atoms. The number of H-pyrrole nitrogens is 1. The standard InChI is InChI=1S/C17H10F4N4O2.CHF3/c18-7-26-14-4-2-10(5-11(14)17(19,20)21)16-24-15(25-27-16)9-1-3-12-13(6-9)23-8-22-12;2-1(3)4/h1-6,8H,7H2,(H,22,23);1H. The van der Waals surface area contributed by atoms with Gasteiger partial charge < -0.3 is 14.2 Å². The van der Waals surface area contributed by atoms with E-state index in [0.717, 1.165) is 23.2 Å². The Morgan fingerprint density at radius 1 is 1.03 bits per heavy atom. The van der Waals surface area contributed by atoms with Gasteiger partial charge in [0.25, 0.3) is 5.89 Å². The van der Waals surface area contributed by atoms with Gasteiger partial charge in [-0.25, -0.2) is 9.37 Å². The van der Waals surface area contributed by atoms with Gasteiger partial charge in [-0.05, 0) is 36.4 Å². The summed E-state index contributed by atoms with van der Waals surface area (Å²) < 4.78 is 90.3. The average Bonchev–Trinajstić information content (AvgIpc) is 3.36. The Morgan fingerprint density at radius 2 is 1.74 bits per heavy atom. The van der Waals surface area contributed by atoms with Crippen LogP contribution in [0.25, 0.3) is 33.9 Å². The SMILES string of the molecule is FC(F)F.FCOc1ccc(-c2nc(-c3ccc4nc[nH]c4c3)no2)cc1C(F)(F)F. The molecule has 6 nitrogen and oxygen atoms in total. The van der Waals surface area contributed by atoms with Gasteiger partial charge in [0.2, 0.25) is 12.7 Å². The van der Waals surface area contributed by atoms with E-state index in [1.165, 1.54) is 12.4 Å². The summed E-state index contributed by atoms with van der Waals surface area (Å²) in [6, 6.07) is 8.30. The molecule has 0 saturated carbocycles. The van der Waals surface area contributed by atoms with Gasteiger partial charge in [0.05, 0.1) is 22.9 Å². The molecule has 0 atom stereocenters. The van der Waals surface area contributed by atoms with E-state index in [4.69, 9.17) is 4.52 Å². The van der Waals surface area contributed by atoms with Crippen molar-refractivity contribution in [3.8, 4) is 28.6 Å². The third-order valence-electron chi connectivity index (χ3n) is 3.85. The van der Waals surface area contributed by atoms with Crippen LogP contribution in [0, 0.1) is 0 Å². The number of benzene rings is 2. The van der Waals surface area contributed by atoms with Crippen molar-refractivity contribution in [3.05, 3.63) is 48.3 Å². The van der Waals surface area contributed by atoms with Crippen LogP contribution in [0.4, 0.5) is 30.7 Å². The van der Waals surface area contributed by atoms with E-state index in [2.05, 4.69) is 24.8 Å². The molecule has 1 N–H and O–H groups in total. The second-order valence-corrected chi connectivity index (χ2v) is 5.77. The minimum absolute atomic E-state index is 0.0369. The Kier molecular flexibility index (Phi) is 6.42. The maximum atomic E-state index is 13.2. The van der Waals surface area contributed by atoms with Gasteiger partial charge in [-0.15, -0.1) is 0 Å². The lowest BCUT2D eigenvalue weighted by Gasteiger charge is -2.12.